The van der Waals surface area contributed by atoms with Crippen molar-refractivity contribution in [2.75, 3.05) is 0 Å². The lowest BCUT2D eigenvalue weighted by molar-refractivity contribution is 0.301. The molecule has 0 fully saturated rings. The molecule has 0 heterocycles. The van der Waals surface area contributed by atoms with Crippen LogP contribution >= 0.6 is 0 Å². The minimum atomic E-state index is 0.0269. The summed E-state index contributed by atoms with van der Waals surface area (Å²) in [5.74, 6) is 0.963. The number of benzene rings is 2. The topological polar surface area (TPSA) is 33.0 Å². The van der Waals surface area contributed by atoms with E-state index in [0.29, 0.717) is 6.61 Å². The second kappa shape index (κ2) is 5.79. The van der Waals surface area contributed by atoms with Crippen molar-refractivity contribution in [1.82, 2.24) is 0 Å². The molecule has 1 atom stereocenters. The summed E-state index contributed by atoms with van der Waals surface area (Å²) >= 11 is 0. The van der Waals surface area contributed by atoms with E-state index in [1.807, 2.05) is 30.3 Å². The minimum absolute atomic E-state index is 0.0269. The fraction of sp³-hybridized carbons (Fsp3) is 0.278. The second-order valence-electron chi connectivity index (χ2n) is 5.17. The molecule has 0 amide bonds. The molecule has 0 aromatic heterocycles. The molecule has 0 aliphatic heterocycles. The van der Waals surface area contributed by atoms with Crippen molar-refractivity contribution >= 4 is 0 Å². The fourth-order valence-electron chi connectivity index (χ4n) is 2.82. The summed E-state index contributed by atoms with van der Waals surface area (Å²) in [5.41, 5.74) is 3.54. The van der Waals surface area contributed by atoms with E-state index in [1.54, 1.807) is 0 Å². The van der Waals surface area contributed by atoms with Crippen LogP contribution in [0.3, 0.4) is 0 Å². The molecule has 0 N–H and O–H groups in total. The van der Waals surface area contributed by atoms with Gasteiger partial charge in [-0.25, -0.2) is 0 Å². The first-order valence-corrected chi connectivity index (χ1v) is 7.06. The van der Waals surface area contributed by atoms with Crippen LogP contribution in [-0.4, -0.2) is 0 Å². The average molecular weight is 263 g/mol. The molecule has 1 aliphatic carbocycles. The van der Waals surface area contributed by atoms with E-state index in [4.69, 9.17) is 4.74 Å². The number of nitriles is 1. The third kappa shape index (κ3) is 2.53. The van der Waals surface area contributed by atoms with E-state index in [-0.39, 0.29) is 5.92 Å². The normalized spacial score (nSPS) is 17.1. The smallest absolute Gasteiger partial charge is 0.123 e. The van der Waals surface area contributed by atoms with Gasteiger partial charge in [-0.3, -0.25) is 0 Å². The van der Waals surface area contributed by atoms with Crippen molar-refractivity contribution in [3.8, 4) is 11.8 Å². The van der Waals surface area contributed by atoms with Crippen molar-refractivity contribution in [1.29, 1.82) is 5.26 Å². The SMILES string of the molecule is N#C[C@@H]1CCCc2c(OCc3ccccc3)cccc21. The number of hydrogen-bond acceptors (Lipinski definition) is 2. The van der Waals surface area contributed by atoms with Gasteiger partial charge < -0.3 is 4.74 Å². The maximum absolute atomic E-state index is 9.25. The van der Waals surface area contributed by atoms with E-state index in [2.05, 4.69) is 24.3 Å². The summed E-state index contributed by atoms with van der Waals surface area (Å²) in [6, 6.07) is 18.7. The zero-order chi connectivity index (χ0) is 13.8. The summed E-state index contributed by atoms with van der Waals surface area (Å²) in [6.45, 7) is 0.578. The van der Waals surface area contributed by atoms with Gasteiger partial charge in [0, 0.05) is 0 Å². The molecule has 100 valence electrons. The molecule has 2 aromatic rings. The Balaban J connectivity index is 1.83. The van der Waals surface area contributed by atoms with E-state index in [1.165, 1.54) is 5.56 Å². The van der Waals surface area contributed by atoms with Gasteiger partial charge in [0.2, 0.25) is 0 Å². The van der Waals surface area contributed by atoms with Crippen LogP contribution in [0.1, 0.15) is 35.4 Å². The summed E-state index contributed by atoms with van der Waals surface area (Å²) in [7, 11) is 0. The number of nitrogens with zero attached hydrogens (tertiary/aromatic N) is 1. The van der Waals surface area contributed by atoms with Gasteiger partial charge in [0.1, 0.15) is 12.4 Å². The molecule has 0 saturated heterocycles. The Bertz CT molecular complexity index is 628. The Kier molecular flexibility index (Phi) is 3.69. The van der Waals surface area contributed by atoms with Gasteiger partial charge in [-0.2, -0.15) is 5.26 Å². The first kappa shape index (κ1) is 12.7. The Morgan fingerprint density at radius 3 is 2.75 bits per heavy atom. The molecule has 20 heavy (non-hydrogen) atoms. The Hall–Kier alpha value is -2.27. The van der Waals surface area contributed by atoms with E-state index in [9.17, 15) is 5.26 Å². The molecule has 0 unspecified atom stereocenters. The van der Waals surface area contributed by atoms with Gasteiger partial charge in [0.25, 0.3) is 0 Å². The fourth-order valence-corrected chi connectivity index (χ4v) is 2.82. The van der Waals surface area contributed by atoms with E-state index < -0.39 is 0 Å². The molecule has 0 bridgehead atoms. The Morgan fingerprint density at radius 1 is 1.10 bits per heavy atom. The lowest BCUT2D eigenvalue weighted by Gasteiger charge is -2.23. The number of hydrogen-bond donors (Lipinski definition) is 0. The van der Waals surface area contributed by atoms with Crippen LogP contribution in [0.25, 0.3) is 0 Å². The highest BCUT2D eigenvalue weighted by atomic mass is 16.5. The van der Waals surface area contributed by atoms with Crippen molar-refractivity contribution in [3.05, 3.63) is 65.2 Å². The molecular formula is C18H17NO. The third-order valence-corrected chi connectivity index (χ3v) is 3.86. The number of fused-ring (bicyclic) bond motifs is 1. The number of rotatable bonds is 3. The maximum Gasteiger partial charge on any atom is 0.123 e. The molecule has 3 rings (SSSR count). The van der Waals surface area contributed by atoms with Crippen molar-refractivity contribution in [2.24, 2.45) is 0 Å². The standard InChI is InChI=1S/C18H17NO/c19-12-15-8-4-10-17-16(15)9-5-11-18(17)20-13-14-6-2-1-3-7-14/h1-3,5-7,9,11,15H,4,8,10,13H2/t15-/m0/s1. The molecule has 2 aromatic carbocycles. The predicted molar refractivity (Wildman–Crippen MR) is 78.5 cm³/mol. The van der Waals surface area contributed by atoms with Crippen LogP contribution in [0, 0.1) is 11.3 Å². The molecule has 2 heteroatoms. The van der Waals surface area contributed by atoms with Crippen LogP contribution in [0.15, 0.2) is 48.5 Å². The van der Waals surface area contributed by atoms with Gasteiger partial charge in [-0.05, 0) is 42.0 Å². The zero-order valence-electron chi connectivity index (χ0n) is 11.4. The van der Waals surface area contributed by atoms with Gasteiger partial charge in [-0.1, -0.05) is 42.5 Å². The van der Waals surface area contributed by atoms with Gasteiger partial charge in [0.15, 0.2) is 0 Å². The summed E-state index contributed by atoms with van der Waals surface area (Å²) in [4.78, 5) is 0. The van der Waals surface area contributed by atoms with Crippen LogP contribution in [0.4, 0.5) is 0 Å². The van der Waals surface area contributed by atoms with Crippen LogP contribution < -0.4 is 4.74 Å². The van der Waals surface area contributed by atoms with Crippen molar-refractivity contribution < 1.29 is 4.74 Å². The molecule has 0 spiro atoms. The lowest BCUT2D eigenvalue weighted by atomic mass is 9.83. The number of ether oxygens (including phenoxy) is 1. The second-order valence-corrected chi connectivity index (χ2v) is 5.17. The van der Waals surface area contributed by atoms with E-state index in [0.717, 1.165) is 36.1 Å². The summed E-state index contributed by atoms with van der Waals surface area (Å²) < 4.78 is 5.97. The maximum atomic E-state index is 9.25. The van der Waals surface area contributed by atoms with Crippen LogP contribution in [0.5, 0.6) is 5.75 Å². The zero-order valence-corrected chi connectivity index (χ0v) is 11.4. The first-order chi connectivity index (χ1) is 9.88. The summed E-state index contributed by atoms with van der Waals surface area (Å²) in [5, 5.41) is 9.25. The minimum Gasteiger partial charge on any atom is -0.489 e. The van der Waals surface area contributed by atoms with Crippen LogP contribution in [0.2, 0.25) is 0 Å². The first-order valence-electron chi connectivity index (χ1n) is 7.06. The molecular weight excluding hydrogens is 246 g/mol. The van der Waals surface area contributed by atoms with Gasteiger partial charge in [-0.15, -0.1) is 0 Å². The van der Waals surface area contributed by atoms with Crippen molar-refractivity contribution in [3.63, 3.8) is 0 Å². The third-order valence-electron chi connectivity index (χ3n) is 3.86. The average Bonchev–Trinajstić information content (AvgIpc) is 2.53. The monoisotopic (exact) mass is 263 g/mol. The largest absolute Gasteiger partial charge is 0.489 e. The quantitative estimate of drug-likeness (QED) is 0.831. The molecule has 2 nitrogen and oxygen atoms in total. The highest BCUT2D eigenvalue weighted by Crippen LogP contribution is 2.36. The van der Waals surface area contributed by atoms with Crippen molar-refractivity contribution in [2.45, 2.75) is 31.8 Å². The highest BCUT2D eigenvalue weighted by molar-refractivity contribution is 5.45. The molecule has 1 aliphatic rings. The highest BCUT2D eigenvalue weighted by Gasteiger charge is 2.22. The molecule has 0 radical (unpaired) electrons. The van der Waals surface area contributed by atoms with Crippen LogP contribution in [-0.2, 0) is 13.0 Å². The van der Waals surface area contributed by atoms with E-state index >= 15 is 0 Å². The molecule has 0 saturated carbocycles. The van der Waals surface area contributed by atoms with Gasteiger partial charge >= 0.3 is 0 Å². The Morgan fingerprint density at radius 2 is 1.95 bits per heavy atom. The lowest BCUT2D eigenvalue weighted by Crippen LogP contribution is -2.10. The van der Waals surface area contributed by atoms with Gasteiger partial charge in [0.05, 0.1) is 12.0 Å². The predicted octanol–water partition coefficient (Wildman–Crippen LogP) is 4.21. The Labute approximate surface area is 119 Å². The summed E-state index contributed by atoms with van der Waals surface area (Å²) in [6.07, 6.45) is 3.04.